The van der Waals surface area contributed by atoms with Gasteiger partial charge in [-0.3, -0.25) is 0 Å². The summed E-state index contributed by atoms with van der Waals surface area (Å²) in [6, 6.07) is 11.3. The maximum Gasteiger partial charge on any atom is 0.167 e. The van der Waals surface area contributed by atoms with Gasteiger partial charge in [0.05, 0.1) is 5.56 Å². The van der Waals surface area contributed by atoms with Crippen LogP contribution in [0.4, 0.5) is 10.1 Å². The quantitative estimate of drug-likeness (QED) is 0.821. The van der Waals surface area contributed by atoms with Gasteiger partial charge in [-0.15, -0.1) is 0 Å². The molecule has 2 rings (SSSR count). The molecule has 18 heavy (non-hydrogen) atoms. The Bertz CT molecular complexity index is 632. The van der Waals surface area contributed by atoms with E-state index in [-0.39, 0.29) is 5.75 Å². The average molecular weight is 242 g/mol. The van der Waals surface area contributed by atoms with Crippen LogP contribution in [0, 0.1) is 24.1 Å². The van der Waals surface area contributed by atoms with Gasteiger partial charge in [0, 0.05) is 11.8 Å². The van der Waals surface area contributed by atoms with Crippen LogP contribution >= 0.6 is 0 Å². The zero-order chi connectivity index (χ0) is 13.1. The van der Waals surface area contributed by atoms with E-state index in [1.54, 1.807) is 24.3 Å². The Morgan fingerprint density at radius 3 is 2.56 bits per heavy atom. The van der Waals surface area contributed by atoms with Crippen LogP contribution in [0.2, 0.25) is 0 Å². The zero-order valence-corrected chi connectivity index (χ0v) is 9.77. The molecule has 0 bridgehead atoms. The first kappa shape index (κ1) is 11.9. The normalized spacial score (nSPS) is 9.83. The van der Waals surface area contributed by atoms with Crippen molar-refractivity contribution >= 4 is 5.69 Å². The van der Waals surface area contributed by atoms with Gasteiger partial charge in [-0.2, -0.15) is 5.26 Å². The Morgan fingerprint density at radius 2 is 1.89 bits per heavy atom. The summed E-state index contributed by atoms with van der Waals surface area (Å²) in [4.78, 5) is 0. The second-order valence-corrected chi connectivity index (χ2v) is 3.90. The van der Waals surface area contributed by atoms with Gasteiger partial charge in [-0.1, -0.05) is 6.07 Å². The van der Waals surface area contributed by atoms with E-state index in [1.807, 2.05) is 13.0 Å². The highest BCUT2D eigenvalue weighted by Crippen LogP contribution is 2.28. The minimum atomic E-state index is -0.556. The van der Waals surface area contributed by atoms with Gasteiger partial charge in [0.2, 0.25) is 0 Å². The molecular weight excluding hydrogens is 231 g/mol. The lowest BCUT2D eigenvalue weighted by atomic mass is 10.1. The monoisotopic (exact) mass is 242 g/mol. The lowest BCUT2D eigenvalue weighted by molar-refractivity contribution is 0.441. The lowest BCUT2D eigenvalue weighted by Gasteiger charge is -2.09. The Labute approximate surface area is 104 Å². The van der Waals surface area contributed by atoms with Crippen molar-refractivity contribution in [3.05, 3.63) is 53.3 Å². The van der Waals surface area contributed by atoms with Gasteiger partial charge in [0.25, 0.3) is 0 Å². The maximum absolute atomic E-state index is 13.6. The SMILES string of the molecule is Cc1ccc(Oc2ccc(N)cc2F)c(C#N)c1. The third-order valence-corrected chi connectivity index (χ3v) is 2.43. The van der Waals surface area contributed by atoms with E-state index >= 15 is 0 Å². The van der Waals surface area contributed by atoms with Gasteiger partial charge < -0.3 is 10.5 Å². The number of nitrogens with two attached hydrogens (primary N) is 1. The Kier molecular flexibility index (Phi) is 3.16. The molecule has 0 aromatic heterocycles. The van der Waals surface area contributed by atoms with Crippen LogP contribution in [0.5, 0.6) is 11.5 Å². The molecule has 0 aliphatic carbocycles. The molecule has 0 spiro atoms. The van der Waals surface area contributed by atoms with Crippen molar-refractivity contribution < 1.29 is 9.13 Å². The number of rotatable bonds is 2. The summed E-state index contributed by atoms with van der Waals surface area (Å²) in [5.74, 6) is -0.184. The standard InChI is InChI=1S/C14H11FN2O/c1-9-2-4-13(10(6-9)8-16)18-14-5-3-11(17)7-12(14)15/h2-7H,17H2,1H3. The molecular formula is C14H11FN2O. The van der Waals surface area contributed by atoms with Gasteiger partial charge >= 0.3 is 0 Å². The Balaban J connectivity index is 2.37. The first-order valence-electron chi connectivity index (χ1n) is 5.34. The van der Waals surface area contributed by atoms with E-state index in [4.69, 9.17) is 15.7 Å². The molecule has 0 aliphatic heterocycles. The molecule has 3 nitrogen and oxygen atoms in total. The first-order valence-corrected chi connectivity index (χ1v) is 5.34. The van der Waals surface area contributed by atoms with E-state index in [1.165, 1.54) is 12.1 Å². The van der Waals surface area contributed by atoms with Crippen LogP contribution in [0.25, 0.3) is 0 Å². The number of nitriles is 1. The minimum absolute atomic E-state index is 0.0459. The molecule has 0 saturated heterocycles. The van der Waals surface area contributed by atoms with Crippen LogP contribution in [0.3, 0.4) is 0 Å². The molecule has 4 heteroatoms. The van der Waals surface area contributed by atoms with Crippen molar-refractivity contribution in [1.29, 1.82) is 5.26 Å². The largest absolute Gasteiger partial charge is 0.453 e. The maximum atomic E-state index is 13.6. The van der Waals surface area contributed by atoms with Crippen LogP contribution in [-0.4, -0.2) is 0 Å². The number of ether oxygens (including phenoxy) is 1. The number of hydrogen-bond donors (Lipinski definition) is 1. The van der Waals surface area contributed by atoms with Crippen molar-refractivity contribution in [2.24, 2.45) is 0 Å². The number of benzene rings is 2. The summed E-state index contributed by atoms with van der Waals surface area (Å²) >= 11 is 0. The molecule has 0 aliphatic rings. The van der Waals surface area contributed by atoms with Gasteiger partial charge in [-0.25, -0.2) is 4.39 Å². The van der Waals surface area contributed by atoms with E-state index in [0.29, 0.717) is 17.0 Å². The molecule has 2 N–H and O–H groups in total. The molecule has 0 radical (unpaired) electrons. The number of nitrogen functional groups attached to an aromatic ring is 1. The molecule has 2 aromatic rings. The van der Waals surface area contributed by atoms with E-state index < -0.39 is 5.82 Å². The number of hydrogen-bond acceptors (Lipinski definition) is 3. The van der Waals surface area contributed by atoms with Crippen molar-refractivity contribution in [3.63, 3.8) is 0 Å². The van der Waals surface area contributed by atoms with E-state index in [2.05, 4.69) is 0 Å². The van der Waals surface area contributed by atoms with Gasteiger partial charge in [-0.05, 0) is 36.8 Å². The highest BCUT2D eigenvalue weighted by atomic mass is 19.1. The third kappa shape index (κ3) is 2.41. The Morgan fingerprint density at radius 1 is 1.17 bits per heavy atom. The topological polar surface area (TPSA) is 59.0 Å². The summed E-state index contributed by atoms with van der Waals surface area (Å²) in [5.41, 5.74) is 7.08. The summed E-state index contributed by atoms with van der Waals surface area (Å²) < 4.78 is 19.0. The van der Waals surface area contributed by atoms with E-state index in [0.717, 1.165) is 5.56 Å². The summed E-state index contributed by atoms with van der Waals surface area (Å²) in [5, 5.41) is 8.99. The first-order chi connectivity index (χ1) is 8.60. The van der Waals surface area contributed by atoms with Crippen molar-refractivity contribution in [3.8, 4) is 17.6 Å². The fourth-order valence-electron chi connectivity index (χ4n) is 1.54. The van der Waals surface area contributed by atoms with E-state index in [9.17, 15) is 4.39 Å². The van der Waals surface area contributed by atoms with Crippen molar-refractivity contribution in [2.75, 3.05) is 5.73 Å². The number of aryl methyl sites for hydroxylation is 1. The minimum Gasteiger partial charge on any atom is -0.453 e. The average Bonchev–Trinajstić information content (AvgIpc) is 2.34. The van der Waals surface area contributed by atoms with Crippen LogP contribution in [0.1, 0.15) is 11.1 Å². The van der Waals surface area contributed by atoms with Crippen molar-refractivity contribution in [1.82, 2.24) is 0 Å². The molecule has 0 saturated carbocycles. The molecule has 0 amide bonds. The molecule has 0 fully saturated rings. The molecule has 90 valence electrons. The molecule has 0 atom stereocenters. The lowest BCUT2D eigenvalue weighted by Crippen LogP contribution is -1.93. The second-order valence-electron chi connectivity index (χ2n) is 3.90. The summed E-state index contributed by atoms with van der Waals surface area (Å²) in [6.07, 6.45) is 0. The van der Waals surface area contributed by atoms with Crippen molar-refractivity contribution in [2.45, 2.75) is 6.92 Å². The highest BCUT2D eigenvalue weighted by Gasteiger charge is 2.08. The molecule has 2 aromatic carbocycles. The predicted molar refractivity (Wildman–Crippen MR) is 66.8 cm³/mol. The highest BCUT2D eigenvalue weighted by molar-refractivity contribution is 5.49. The van der Waals surface area contributed by atoms with Gasteiger partial charge in [0.1, 0.15) is 11.8 Å². The number of nitrogens with zero attached hydrogens (tertiary/aromatic N) is 1. The van der Waals surface area contributed by atoms with Gasteiger partial charge in [0.15, 0.2) is 11.6 Å². The summed E-state index contributed by atoms with van der Waals surface area (Å²) in [6.45, 7) is 1.87. The number of anilines is 1. The smallest absolute Gasteiger partial charge is 0.167 e. The zero-order valence-electron chi connectivity index (χ0n) is 9.77. The molecule has 0 heterocycles. The molecule has 0 unspecified atom stereocenters. The van der Waals surface area contributed by atoms with Crippen LogP contribution < -0.4 is 10.5 Å². The number of halogens is 1. The Hall–Kier alpha value is -2.54. The van der Waals surface area contributed by atoms with Crippen LogP contribution in [-0.2, 0) is 0 Å². The van der Waals surface area contributed by atoms with Crippen LogP contribution in [0.15, 0.2) is 36.4 Å². The third-order valence-electron chi connectivity index (χ3n) is 2.43. The fraction of sp³-hybridized carbons (Fsp3) is 0.0714. The second kappa shape index (κ2) is 4.76. The summed E-state index contributed by atoms with van der Waals surface area (Å²) in [7, 11) is 0. The fourth-order valence-corrected chi connectivity index (χ4v) is 1.54. The predicted octanol–water partition coefficient (Wildman–Crippen LogP) is 3.38.